The van der Waals surface area contributed by atoms with Gasteiger partial charge in [0.25, 0.3) is 0 Å². The molecule has 3 heterocycles. The minimum atomic E-state index is 0.250. The predicted octanol–water partition coefficient (Wildman–Crippen LogP) is 4.62. The second-order valence-corrected chi connectivity index (χ2v) is 9.55. The van der Waals surface area contributed by atoms with Gasteiger partial charge in [-0.25, -0.2) is 9.67 Å². The first kappa shape index (κ1) is 21.7. The van der Waals surface area contributed by atoms with Gasteiger partial charge in [0, 0.05) is 41.4 Å². The van der Waals surface area contributed by atoms with E-state index in [1.165, 1.54) is 4.21 Å². The Morgan fingerprint density at radius 2 is 1.80 bits per heavy atom. The smallest absolute Gasteiger partial charge is 0.275 e. The van der Waals surface area contributed by atoms with Crippen LogP contribution in [-0.2, 0) is 16.6 Å². The molecule has 0 aliphatic rings. The van der Waals surface area contributed by atoms with Crippen LogP contribution in [0.15, 0.2) is 53.1 Å². The van der Waals surface area contributed by atoms with Crippen molar-refractivity contribution in [2.75, 3.05) is 0 Å². The van der Waals surface area contributed by atoms with Crippen LogP contribution in [0.5, 0.6) is 0 Å². The summed E-state index contributed by atoms with van der Waals surface area (Å²) >= 11 is 3.54. The number of carbonyl (C=O) groups excluding carboxylic acids is 2. The molecule has 0 aliphatic carbocycles. The van der Waals surface area contributed by atoms with E-state index in [1.807, 2.05) is 55.1 Å². The highest BCUT2D eigenvalue weighted by Crippen LogP contribution is 2.39. The molecule has 0 N–H and O–H groups in total. The molecule has 0 bridgehead atoms. The van der Waals surface area contributed by atoms with Gasteiger partial charge in [-0.15, -0.1) is 11.8 Å². The standard InChI is InChI=1S/C20H21N5S2.CO2/c1-13(2)26-19-18(15-8-6-5-7-9-15)22-20(27-19)25-12-17(14(3)23-25)16-10-21-24(4)11-16;2-1-3/h5-13H,1-4H3;. The fraction of sp³-hybridized carbons (Fsp3) is 0.238. The predicted molar refractivity (Wildman–Crippen MR) is 118 cm³/mol. The molecule has 9 heteroatoms. The molecule has 0 atom stereocenters. The Morgan fingerprint density at radius 3 is 2.40 bits per heavy atom. The average molecular weight is 440 g/mol. The minimum Gasteiger partial charge on any atom is -0.275 e. The zero-order valence-corrected chi connectivity index (χ0v) is 18.7. The number of hydrogen-bond acceptors (Lipinski definition) is 7. The van der Waals surface area contributed by atoms with Crippen molar-refractivity contribution in [3.05, 3.63) is 54.6 Å². The van der Waals surface area contributed by atoms with Gasteiger partial charge in [-0.2, -0.15) is 19.8 Å². The summed E-state index contributed by atoms with van der Waals surface area (Å²) in [6.45, 7) is 6.43. The van der Waals surface area contributed by atoms with Gasteiger partial charge in [0.2, 0.25) is 5.13 Å². The van der Waals surface area contributed by atoms with Gasteiger partial charge in [0.1, 0.15) is 0 Å². The highest BCUT2D eigenvalue weighted by Gasteiger charge is 2.18. The lowest BCUT2D eigenvalue weighted by Crippen LogP contribution is -1.93. The molecule has 154 valence electrons. The molecule has 0 amide bonds. The van der Waals surface area contributed by atoms with Crippen molar-refractivity contribution in [3.8, 4) is 27.5 Å². The lowest BCUT2D eigenvalue weighted by atomic mass is 10.1. The van der Waals surface area contributed by atoms with E-state index >= 15 is 0 Å². The Morgan fingerprint density at radius 1 is 1.10 bits per heavy atom. The highest BCUT2D eigenvalue weighted by atomic mass is 32.2. The molecule has 1 aromatic carbocycles. The Hall–Kier alpha value is -3.00. The summed E-state index contributed by atoms with van der Waals surface area (Å²) in [5.74, 6) is 0. The van der Waals surface area contributed by atoms with Crippen molar-refractivity contribution in [2.24, 2.45) is 7.05 Å². The van der Waals surface area contributed by atoms with Crippen LogP contribution >= 0.6 is 23.1 Å². The first-order valence-electron chi connectivity index (χ1n) is 9.20. The summed E-state index contributed by atoms with van der Waals surface area (Å²) in [5, 5.41) is 10.4. The van der Waals surface area contributed by atoms with E-state index in [0.29, 0.717) is 5.25 Å². The van der Waals surface area contributed by atoms with Gasteiger partial charge in [0.05, 0.1) is 21.8 Å². The number of aryl methyl sites for hydroxylation is 2. The second kappa shape index (κ2) is 9.67. The molecule has 0 fully saturated rings. The van der Waals surface area contributed by atoms with Crippen LogP contribution in [-0.4, -0.2) is 35.9 Å². The van der Waals surface area contributed by atoms with E-state index in [1.54, 1.807) is 16.0 Å². The van der Waals surface area contributed by atoms with Gasteiger partial charge in [-0.1, -0.05) is 55.5 Å². The highest BCUT2D eigenvalue weighted by molar-refractivity contribution is 8.01. The number of rotatable bonds is 5. The van der Waals surface area contributed by atoms with Gasteiger partial charge in [0.15, 0.2) is 0 Å². The van der Waals surface area contributed by atoms with Crippen LogP contribution in [0.2, 0.25) is 0 Å². The summed E-state index contributed by atoms with van der Waals surface area (Å²) < 4.78 is 4.92. The average Bonchev–Trinajstić information content (AvgIpc) is 3.41. The van der Waals surface area contributed by atoms with Crippen LogP contribution < -0.4 is 0 Å². The van der Waals surface area contributed by atoms with Gasteiger partial charge < -0.3 is 0 Å². The third-order valence-electron chi connectivity index (χ3n) is 4.09. The number of hydrogen-bond donors (Lipinski definition) is 0. The third-order valence-corrected chi connectivity index (χ3v) is 6.34. The lowest BCUT2D eigenvalue weighted by molar-refractivity contribution is -0.191. The van der Waals surface area contributed by atoms with Crippen LogP contribution in [0.1, 0.15) is 19.5 Å². The van der Waals surface area contributed by atoms with E-state index in [2.05, 4.69) is 43.2 Å². The fourth-order valence-electron chi connectivity index (χ4n) is 2.87. The SMILES string of the molecule is Cc1nn(-c2nc(-c3ccccc3)c(SC(C)C)s2)cc1-c1cnn(C)c1.O=C=O. The second-order valence-electron chi connectivity index (χ2n) is 6.72. The van der Waals surface area contributed by atoms with E-state index in [4.69, 9.17) is 19.7 Å². The maximum absolute atomic E-state index is 8.12. The van der Waals surface area contributed by atoms with Crippen molar-refractivity contribution in [1.82, 2.24) is 24.5 Å². The van der Waals surface area contributed by atoms with Crippen LogP contribution in [0.3, 0.4) is 0 Å². The Kier molecular flexibility index (Phi) is 6.99. The van der Waals surface area contributed by atoms with Crippen LogP contribution in [0.25, 0.3) is 27.5 Å². The molecule has 0 unspecified atom stereocenters. The molecule has 0 radical (unpaired) electrons. The molecule has 0 saturated carbocycles. The summed E-state index contributed by atoms with van der Waals surface area (Å²) in [5.41, 5.74) is 5.29. The maximum Gasteiger partial charge on any atom is 0.373 e. The largest absolute Gasteiger partial charge is 0.373 e. The zero-order chi connectivity index (χ0) is 21.7. The molecule has 0 aliphatic heterocycles. The molecule has 3 aromatic heterocycles. The molecule has 4 aromatic rings. The number of aromatic nitrogens is 5. The number of thiazole rings is 1. The lowest BCUT2D eigenvalue weighted by Gasteiger charge is -2.04. The molecule has 7 nitrogen and oxygen atoms in total. The van der Waals surface area contributed by atoms with Crippen molar-refractivity contribution in [3.63, 3.8) is 0 Å². The van der Waals surface area contributed by atoms with E-state index < -0.39 is 0 Å². The molecular formula is C21H21N5O2S2. The first-order valence-corrected chi connectivity index (χ1v) is 10.9. The molecule has 0 saturated heterocycles. The Bertz CT molecular complexity index is 1160. The summed E-state index contributed by atoms with van der Waals surface area (Å²) in [4.78, 5) is 21.2. The molecule has 30 heavy (non-hydrogen) atoms. The van der Waals surface area contributed by atoms with E-state index in [-0.39, 0.29) is 6.15 Å². The van der Waals surface area contributed by atoms with Crippen LogP contribution in [0.4, 0.5) is 0 Å². The summed E-state index contributed by atoms with van der Waals surface area (Å²) in [6, 6.07) is 10.4. The van der Waals surface area contributed by atoms with Gasteiger partial charge in [-0.05, 0) is 6.92 Å². The van der Waals surface area contributed by atoms with Crippen molar-refractivity contribution in [2.45, 2.75) is 30.2 Å². The molecular weight excluding hydrogens is 418 g/mol. The van der Waals surface area contributed by atoms with E-state index in [0.717, 1.165) is 33.2 Å². The number of benzene rings is 1. The first-order chi connectivity index (χ1) is 14.4. The maximum atomic E-state index is 8.12. The van der Waals surface area contributed by atoms with Gasteiger partial charge >= 0.3 is 6.15 Å². The molecule has 0 spiro atoms. The topological polar surface area (TPSA) is 82.7 Å². The minimum absolute atomic E-state index is 0.250. The Balaban J connectivity index is 0.000000806. The summed E-state index contributed by atoms with van der Waals surface area (Å²) in [7, 11) is 1.92. The zero-order valence-electron chi connectivity index (χ0n) is 17.1. The number of nitrogens with zero attached hydrogens (tertiary/aromatic N) is 5. The molecule has 4 rings (SSSR count). The van der Waals surface area contributed by atoms with Crippen LogP contribution in [0, 0.1) is 6.92 Å². The van der Waals surface area contributed by atoms with Gasteiger partial charge in [-0.3, -0.25) is 4.68 Å². The quantitative estimate of drug-likeness (QED) is 0.422. The third kappa shape index (κ3) is 4.94. The fourth-order valence-corrected chi connectivity index (χ4v) is 5.31. The van der Waals surface area contributed by atoms with Crippen molar-refractivity contribution < 1.29 is 9.59 Å². The normalized spacial score (nSPS) is 10.6. The number of thioether (sulfide) groups is 1. The van der Waals surface area contributed by atoms with Crippen molar-refractivity contribution >= 4 is 29.3 Å². The summed E-state index contributed by atoms with van der Waals surface area (Å²) in [6.07, 6.45) is 6.17. The van der Waals surface area contributed by atoms with Crippen molar-refractivity contribution in [1.29, 1.82) is 0 Å². The Labute approximate surface area is 182 Å². The van der Waals surface area contributed by atoms with E-state index in [9.17, 15) is 0 Å². The monoisotopic (exact) mass is 439 g/mol.